The van der Waals surface area contributed by atoms with E-state index in [0.29, 0.717) is 10.7 Å². The maximum absolute atomic E-state index is 11.7. The van der Waals surface area contributed by atoms with Crippen molar-refractivity contribution in [2.45, 2.75) is 26.3 Å². The molecule has 0 saturated heterocycles. The highest BCUT2D eigenvalue weighted by Crippen LogP contribution is 2.19. The highest BCUT2D eigenvalue weighted by atomic mass is 35.5. The zero-order valence-electron chi connectivity index (χ0n) is 11.9. The Morgan fingerprint density at radius 2 is 1.70 bits per heavy atom. The maximum atomic E-state index is 11.7. The molecule has 0 bridgehead atoms. The van der Waals surface area contributed by atoms with Crippen LogP contribution in [0.4, 0.5) is 5.69 Å². The Balaban J connectivity index is 2.31. The Kier molecular flexibility index (Phi) is 5.98. The summed E-state index contributed by atoms with van der Waals surface area (Å²) in [7, 11) is 0. The van der Waals surface area contributed by atoms with Gasteiger partial charge < -0.3 is 10.6 Å². The lowest BCUT2D eigenvalue weighted by atomic mass is 10.1. The fourth-order valence-corrected chi connectivity index (χ4v) is 1.69. The van der Waals surface area contributed by atoms with Gasteiger partial charge in [-0.2, -0.15) is 0 Å². The molecule has 20 heavy (non-hydrogen) atoms. The van der Waals surface area contributed by atoms with Crippen molar-refractivity contribution in [1.29, 1.82) is 0 Å². The fourth-order valence-electron chi connectivity index (χ4n) is 1.51. The molecule has 2 amide bonds. The molecule has 3 N–H and O–H groups in total. The number of para-hydroxylation sites is 1. The molecule has 0 fully saturated rings. The van der Waals surface area contributed by atoms with Crippen LogP contribution < -0.4 is 16.0 Å². The Labute approximate surface area is 124 Å². The SMILES string of the molecule is CC(C)(C)NC(=O)CNCC(=O)Nc1ccccc1Cl. The number of hydrogen-bond acceptors (Lipinski definition) is 3. The van der Waals surface area contributed by atoms with Crippen LogP contribution in [0.2, 0.25) is 5.02 Å². The fraction of sp³-hybridized carbons (Fsp3) is 0.429. The molecule has 0 heterocycles. The molecule has 0 aliphatic heterocycles. The molecule has 0 aliphatic rings. The summed E-state index contributed by atoms with van der Waals surface area (Å²) in [5.41, 5.74) is 0.276. The maximum Gasteiger partial charge on any atom is 0.238 e. The van der Waals surface area contributed by atoms with E-state index >= 15 is 0 Å². The molecule has 0 unspecified atom stereocenters. The molecule has 0 aromatic heterocycles. The summed E-state index contributed by atoms with van der Waals surface area (Å²) >= 11 is 5.93. The van der Waals surface area contributed by atoms with E-state index in [-0.39, 0.29) is 30.4 Å². The molecule has 1 aromatic rings. The number of anilines is 1. The molecular weight excluding hydrogens is 278 g/mol. The normalized spacial score (nSPS) is 11.0. The van der Waals surface area contributed by atoms with Gasteiger partial charge in [0.1, 0.15) is 0 Å². The second kappa shape index (κ2) is 7.26. The molecule has 0 aliphatic carbocycles. The van der Waals surface area contributed by atoms with Crippen molar-refractivity contribution in [2.24, 2.45) is 0 Å². The lowest BCUT2D eigenvalue weighted by Gasteiger charge is -2.20. The van der Waals surface area contributed by atoms with Gasteiger partial charge in [-0.3, -0.25) is 14.9 Å². The third kappa shape index (κ3) is 6.54. The van der Waals surface area contributed by atoms with E-state index < -0.39 is 0 Å². The lowest BCUT2D eigenvalue weighted by Crippen LogP contribution is -2.45. The molecule has 1 rings (SSSR count). The van der Waals surface area contributed by atoms with Crippen LogP contribution >= 0.6 is 11.6 Å². The van der Waals surface area contributed by atoms with Gasteiger partial charge in [-0.25, -0.2) is 0 Å². The van der Waals surface area contributed by atoms with Gasteiger partial charge in [-0.15, -0.1) is 0 Å². The van der Waals surface area contributed by atoms with Crippen LogP contribution in [0, 0.1) is 0 Å². The Morgan fingerprint density at radius 1 is 1.10 bits per heavy atom. The van der Waals surface area contributed by atoms with E-state index in [0.717, 1.165) is 0 Å². The van der Waals surface area contributed by atoms with Crippen LogP contribution in [-0.2, 0) is 9.59 Å². The predicted octanol–water partition coefficient (Wildman–Crippen LogP) is 1.78. The molecule has 0 saturated carbocycles. The molecular formula is C14H20ClN3O2. The van der Waals surface area contributed by atoms with Gasteiger partial charge in [0, 0.05) is 5.54 Å². The number of benzene rings is 1. The van der Waals surface area contributed by atoms with Crippen molar-refractivity contribution in [3.05, 3.63) is 29.3 Å². The van der Waals surface area contributed by atoms with Gasteiger partial charge in [0.2, 0.25) is 11.8 Å². The molecule has 0 spiro atoms. The standard InChI is InChI=1S/C14H20ClN3O2/c1-14(2,3)18-13(20)9-16-8-12(19)17-11-7-5-4-6-10(11)15/h4-7,16H,8-9H2,1-3H3,(H,17,19)(H,18,20). The van der Waals surface area contributed by atoms with Crippen molar-refractivity contribution in [2.75, 3.05) is 18.4 Å². The first-order valence-electron chi connectivity index (χ1n) is 6.34. The summed E-state index contributed by atoms with van der Waals surface area (Å²) in [6, 6.07) is 6.98. The zero-order chi connectivity index (χ0) is 15.2. The summed E-state index contributed by atoms with van der Waals surface area (Å²) in [5.74, 6) is -0.398. The van der Waals surface area contributed by atoms with E-state index in [1.165, 1.54) is 0 Å². The molecule has 5 nitrogen and oxygen atoms in total. The largest absolute Gasteiger partial charge is 0.350 e. The Morgan fingerprint density at radius 3 is 2.30 bits per heavy atom. The van der Waals surface area contributed by atoms with Gasteiger partial charge in [0.05, 0.1) is 23.8 Å². The van der Waals surface area contributed by atoms with Gasteiger partial charge in [0.25, 0.3) is 0 Å². The average molecular weight is 298 g/mol. The number of nitrogens with one attached hydrogen (secondary N) is 3. The number of hydrogen-bond donors (Lipinski definition) is 3. The van der Waals surface area contributed by atoms with Gasteiger partial charge in [0.15, 0.2) is 0 Å². The number of carbonyl (C=O) groups excluding carboxylic acids is 2. The summed E-state index contributed by atoms with van der Waals surface area (Å²) in [4.78, 5) is 23.2. The number of carbonyl (C=O) groups is 2. The molecule has 110 valence electrons. The van der Waals surface area contributed by atoms with Crippen LogP contribution in [-0.4, -0.2) is 30.4 Å². The average Bonchev–Trinajstić information content (AvgIpc) is 2.29. The second-order valence-corrected chi connectivity index (χ2v) is 5.84. The van der Waals surface area contributed by atoms with E-state index in [1.807, 2.05) is 20.8 Å². The van der Waals surface area contributed by atoms with Gasteiger partial charge >= 0.3 is 0 Å². The first-order chi connectivity index (χ1) is 9.28. The van der Waals surface area contributed by atoms with Crippen molar-refractivity contribution in [1.82, 2.24) is 10.6 Å². The minimum absolute atomic E-state index is 0.0444. The highest BCUT2D eigenvalue weighted by Gasteiger charge is 2.13. The highest BCUT2D eigenvalue weighted by molar-refractivity contribution is 6.33. The summed E-state index contributed by atoms with van der Waals surface area (Å²) in [5, 5.41) is 8.72. The third-order valence-electron chi connectivity index (χ3n) is 2.23. The van der Waals surface area contributed by atoms with Gasteiger partial charge in [-0.1, -0.05) is 23.7 Å². The monoisotopic (exact) mass is 297 g/mol. The van der Waals surface area contributed by atoms with E-state index in [2.05, 4.69) is 16.0 Å². The molecule has 0 atom stereocenters. The van der Waals surface area contributed by atoms with E-state index in [9.17, 15) is 9.59 Å². The summed E-state index contributed by atoms with van der Waals surface area (Å²) in [6.07, 6.45) is 0. The first-order valence-corrected chi connectivity index (χ1v) is 6.72. The summed E-state index contributed by atoms with van der Waals surface area (Å²) in [6.45, 7) is 5.83. The van der Waals surface area contributed by atoms with Crippen molar-refractivity contribution >= 4 is 29.1 Å². The molecule has 6 heteroatoms. The zero-order valence-corrected chi connectivity index (χ0v) is 12.7. The smallest absolute Gasteiger partial charge is 0.238 e. The van der Waals surface area contributed by atoms with Crippen molar-refractivity contribution < 1.29 is 9.59 Å². The van der Waals surface area contributed by atoms with E-state index in [1.54, 1.807) is 24.3 Å². The lowest BCUT2D eigenvalue weighted by molar-refractivity contribution is -0.121. The third-order valence-corrected chi connectivity index (χ3v) is 2.56. The van der Waals surface area contributed by atoms with Crippen LogP contribution in [0.1, 0.15) is 20.8 Å². The van der Waals surface area contributed by atoms with Crippen LogP contribution in [0.5, 0.6) is 0 Å². The van der Waals surface area contributed by atoms with E-state index in [4.69, 9.17) is 11.6 Å². The molecule has 0 radical (unpaired) electrons. The van der Waals surface area contributed by atoms with Crippen LogP contribution in [0.3, 0.4) is 0 Å². The Hall–Kier alpha value is -1.59. The Bertz CT molecular complexity index is 484. The quantitative estimate of drug-likeness (QED) is 0.776. The number of halogens is 1. The van der Waals surface area contributed by atoms with Gasteiger partial charge in [-0.05, 0) is 32.9 Å². The predicted molar refractivity (Wildman–Crippen MR) is 80.8 cm³/mol. The minimum Gasteiger partial charge on any atom is -0.350 e. The van der Waals surface area contributed by atoms with Crippen molar-refractivity contribution in [3.8, 4) is 0 Å². The van der Waals surface area contributed by atoms with Crippen LogP contribution in [0.25, 0.3) is 0 Å². The summed E-state index contributed by atoms with van der Waals surface area (Å²) < 4.78 is 0. The molecule has 1 aromatic carbocycles. The topological polar surface area (TPSA) is 70.2 Å². The first kappa shape index (κ1) is 16.5. The number of amides is 2. The van der Waals surface area contributed by atoms with Crippen molar-refractivity contribution in [3.63, 3.8) is 0 Å². The minimum atomic E-state index is -0.279. The van der Waals surface area contributed by atoms with Crippen LogP contribution in [0.15, 0.2) is 24.3 Å². The number of rotatable bonds is 5. The second-order valence-electron chi connectivity index (χ2n) is 5.43.